The van der Waals surface area contributed by atoms with E-state index < -0.39 is 0 Å². The van der Waals surface area contributed by atoms with E-state index in [1.54, 1.807) is 6.08 Å². The van der Waals surface area contributed by atoms with Crippen LogP contribution in [0.4, 0.5) is 5.69 Å². The van der Waals surface area contributed by atoms with E-state index in [-0.39, 0.29) is 0 Å². The van der Waals surface area contributed by atoms with Crippen molar-refractivity contribution < 1.29 is 9.53 Å². The molecule has 2 N–H and O–H groups in total. The van der Waals surface area contributed by atoms with Crippen LogP contribution in [0, 0.1) is 0 Å². The van der Waals surface area contributed by atoms with Gasteiger partial charge in [0.1, 0.15) is 18.1 Å². The SMILES string of the molecule is C=Cc1cc(N)cc(OCCN2CCC(=O)CC2)c1. The number of rotatable bonds is 5. The third-order valence-corrected chi connectivity index (χ3v) is 3.28. The van der Waals surface area contributed by atoms with Gasteiger partial charge in [-0.15, -0.1) is 0 Å². The maximum atomic E-state index is 11.1. The summed E-state index contributed by atoms with van der Waals surface area (Å²) in [6.07, 6.45) is 3.08. The van der Waals surface area contributed by atoms with Crippen LogP contribution in [0.15, 0.2) is 24.8 Å². The topological polar surface area (TPSA) is 55.6 Å². The van der Waals surface area contributed by atoms with Crippen LogP contribution in [0.1, 0.15) is 18.4 Å². The number of nitrogens with zero attached hydrogens (tertiary/aromatic N) is 1. The van der Waals surface area contributed by atoms with Gasteiger partial charge in [-0.25, -0.2) is 0 Å². The Morgan fingerprint density at radius 3 is 2.74 bits per heavy atom. The standard InChI is InChI=1S/C15H20N2O2/c1-2-12-9-13(16)11-15(10-12)19-8-7-17-5-3-14(18)4-6-17/h2,9-11H,1,3-8,16H2. The molecule has 0 bridgehead atoms. The van der Waals surface area contributed by atoms with Gasteiger partial charge < -0.3 is 10.5 Å². The molecule has 1 heterocycles. The van der Waals surface area contributed by atoms with Crippen molar-refractivity contribution in [3.05, 3.63) is 30.3 Å². The van der Waals surface area contributed by atoms with Gasteiger partial charge in [0.15, 0.2) is 0 Å². The molecular weight excluding hydrogens is 240 g/mol. The Morgan fingerprint density at radius 2 is 2.05 bits per heavy atom. The van der Waals surface area contributed by atoms with E-state index in [4.69, 9.17) is 10.5 Å². The van der Waals surface area contributed by atoms with Gasteiger partial charge in [0, 0.05) is 44.2 Å². The van der Waals surface area contributed by atoms with Gasteiger partial charge in [0.2, 0.25) is 0 Å². The number of nitrogens with two attached hydrogens (primary N) is 1. The second kappa shape index (κ2) is 6.38. The lowest BCUT2D eigenvalue weighted by Crippen LogP contribution is -2.36. The summed E-state index contributed by atoms with van der Waals surface area (Å²) in [6, 6.07) is 5.59. The van der Waals surface area contributed by atoms with E-state index in [9.17, 15) is 4.79 Å². The van der Waals surface area contributed by atoms with Crippen LogP contribution in [-0.4, -0.2) is 36.9 Å². The van der Waals surface area contributed by atoms with Gasteiger partial charge >= 0.3 is 0 Å². The Bertz CT molecular complexity index is 461. The first-order valence-corrected chi connectivity index (χ1v) is 6.57. The van der Waals surface area contributed by atoms with Crippen molar-refractivity contribution in [3.8, 4) is 5.75 Å². The Balaban J connectivity index is 1.80. The fourth-order valence-electron chi connectivity index (χ4n) is 2.17. The summed E-state index contributed by atoms with van der Waals surface area (Å²) in [6.45, 7) is 6.86. The molecule has 4 heteroatoms. The number of anilines is 1. The first-order chi connectivity index (χ1) is 9.17. The zero-order valence-electron chi connectivity index (χ0n) is 11.1. The van der Waals surface area contributed by atoms with E-state index in [1.165, 1.54) is 0 Å². The lowest BCUT2D eigenvalue weighted by Gasteiger charge is -2.25. The van der Waals surface area contributed by atoms with E-state index in [0.717, 1.165) is 30.9 Å². The lowest BCUT2D eigenvalue weighted by molar-refractivity contribution is -0.121. The molecule has 4 nitrogen and oxygen atoms in total. The normalized spacial score (nSPS) is 16.3. The highest BCUT2D eigenvalue weighted by molar-refractivity contribution is 5.79. The molecule has 1 aliphatic rings. The van der Waals surface area contributed by atoms with Crippen molar-refractivity contribution >= 4 is 17.5 Å². The molecular formula is C15H20N2O2. The highest BCUT2D eigenvalue weighted by atomic mass is 16.5. The lowest BCUT2D eigenvalue weighted by atomic mass is 10.1. The molecule has 0 aliphatic carbocycles. The fraction of sp³-hybridized carbons (Fsp3) is 0.400. The van der Waals surface area contributed by atoms with Gasteiger partial charge in [0.05, 0.1) is 0 Å². The summed E-state index contributed by atoms with van der Waals surface area (Å²) < 4.78 is 5.70. The molecule has 102 valence electrons. The van der Waals surface area contributed by atoms with Crippen LogP contribution in [0.3, 0.4) is 0 Å². The molecule has 19 heavy (non-hydrogen) atoms. The van der Waals surface area contributed by atoms with E-state index in [0.29, 0.717) is 30.9 Å². The highest BCUT2D eigenvalue weighted by Crippen LogP contribution is 2.19. The van der Waals surface area contributed by atoms with Gasteiger partial charge in [-0.3, -0.25) is 9.69 Å². The Labute approximate surface area is 113 Å². The van der Waals surface area contributed by atoms with Crippen LogP contribution >= 0.6 is 0 Å². The third-order valence-electron chi connectivity index (χ3n) is 3.28. The number of hydrogen-bond acceptors (Lipinski definition) is 4. The second-order valence-corrected chi connectivity index (χ2v) is 4.77. The number of ether oxygens (including phenoxy) is 1. The minimum atomic E-state index is 0.364. The van der Waals surface area contributed by atoms with Crippen molar-refractivity contribution in [2.75, 3.05) is 32.0 Å². The maximum absolute atomic E-state index is 11.1. The Morgan fingerprint density at radius 1 is 1.32 bits per heavy atom. The van der Waals surface area contributed by atoms with Crippen molar-refractivity contribution in [1.29, 1.82) is 0 Å². The molecule has 1 aromatic carbocycles. The molecule has 1 saturated heterocycles. The number of Topliss-reactive ketones (excluding diaryl/α,β-unsaturated/α-hetero) is 1. The molecule has 0 aromatic heterocycles. The van der Waals surface area contributed by atoms with Crippen LogP contribution in [0.25, 0.3) is 6.08 Å². The summed E-state index contributed by atoms with van der Waals surface area (Å²) in [5.41, 5.74) is 7.42. The molecule has 1 aromatic rings. The summed E-state index contributed by atoms with van der Waals surface area (Å²) in [5, 5.41) is 0. The third kappa shape index (κ3) is 4.10. The number of hydrogen-bond donors (Lipinski definition) is 1. The van der Waals surface area contributed by atoms with Crippen LogP contribution in [0.5, 0.6) is 5.75 Å². The first kappa shape index (κ1) is 13.6. The zero-order valence-corrected chi connectivity index (χ0v) is 11.1. The molecule has 0 spiro atoms. The summed E-state index contributed by atoms with van der Waals surface area (Å²) in [5.74, 6) is 1.13. The minimum Gasteiger partial charge on any atom is -0.492 e. The van der Waals surface area contributed by atoms with Crippen LogP contribution in [0.2, 0.25) is 0 Å². The van der Waals surface area contributed by atoms with E-state index >= 15 is 0 Å². The quantitative estimate of drug-likeness (QED) is 0.822. The average molecular weight is 260 g/mol. The van der Waals surface area contributed by atoms with Crippen molar-refractivity contribution in [3.63, 3.8) is 0 Å². The van der Waals surface area contributed by atoms with Crippen LogP contribution < -0.4 is 10.5 Å². The zero-order chi connectivity index (χ0) is 13.7. The van der Waals surface area contributed by atoms with Crippen molar-refractivity contribution in [2.24, 2.45) is 0 Å². The van der Waals surface area contributed by atoms with Crippen LogP contribution in [-0.2, 0) is 4.79 Å². The molecule has 1 aliphatic heterocycles. The highest BCUT2D eigenvalue weighted by Gasteiger charge is 2.15. The molecule has 1 fully saturated rings. The number of likely N-dealkylation sites (tertiary alicyclic amines) is 1. The van der Waals surface area contributed by atoms with E-state index in [2.05, 4.69) is 11.5 Å². The molecule has 0 atom stereocenters. The number of ketones is 1. The van der Waals surface area contributed by atoms with Crippen molar-refractivity contribution in [2.45, 2.75) is 12.8 Å². The number of nitrogen functional groups attached to an aromatic ring is 1. The Kier molecular flexibility index (Phi) is 4.58. The molecule has 2 rings (SSSR count). The molecule has 0 amide bonds. The van der Waals surface area contributed by atoms with Gasteiger partial charge in [0.25, 0.3) is 0 Å². The molecule has 0 radical (unpaired) electrons. The van der Waals surface area contributed by atoms with Gasteiger partial charge in [-0.1, -0.05) is 12.7 Å². The number of carbonyl (C=O) groups excluding carboxylic acids is 1. The monoisotopic (exact) mass is 260 g/mol. The molecule has 0 saturated carbocycles. The van der Waals surface area contributed by atoms with Gasteiger partial charge in [-0.2, -0.15) is 0 Å². The summed E-state index contributed by atoms with van der Waals surface area (Å²) in [4.78, 5) is 13.4. The Hall–Kier alpha value is -1.81. The fourth-order valence-corrected chi connectivity index (χ4v) is 2.17. The summed E-state index contributed by atoms with van der Waals surface area (Å²) >= 11 is 0. The molecule has 0 unspecified atom stereocenters. The van der Waals surface area contributed by atoms with Gasteiger partial charge in [-0.05, 0) is 17.7 Å². The maximum Gasteiger partial charge on any atom is 0.135 e. The van der Waals surface area contributed by atoms with E-state index in [1.807, 2.05) is 18.2 Å². The average Bonchev–Trinajstić information content (AvgIpc) is 2.40. The smallest absolute Gasteiger partial charge is 0.135 e. The van der Waals surface area contributed by atoms with Crippen molar-refractivity contribution in [1.82, 2.24) is 4.90 Å². The second-order valence-electron chi connectivity index (χ2n) is 4.77. The number of carbonyl (C=O) groups is 1. The summed E-state index contributed by atoms with van der Waals surface area (Å²) in [7, 11) is 0. The first-order valence-electron chi connectivity index (χ1n) is 6.57. The minimum absolute atomic E-state index is 0.364. The predicted octanol–water partition coefficient (Wildman–Crippen LogP) is 1.96. The largest absolute Gasteiger partial charge is 0.492 e. The number of benzene rings is 1. The predicted molar refractivity (Wildman–Crippen MR) is 77.1 cm³/mol. The number of piperidine rings is 1.